The first-order valence-electron chi connectivity index (χ1n) is 5.69. The van der Waals surface area contributed by atoms with E-state index in [0.717, 1.165) is 13.0 Å². The summed E-state index contributed by atoms with van der Waals surface area (Å²) in [5.41, 5.74) is 6.90. The van der Waals surface area contributed by atoms with Crippen molar-refractivity contribution in [2.24, 2.45) is 15.7 Å². The van der Waals surface area contributed by atoms with Gasteiger partial charge in [0.2, 0.25) is 0 Å². The SMILES string of the molecule is CC1N=C(N)NC(=NCCc2ccccc2)N1. The Balaban J connectivity index is 1.87. The summed E-state index contributed by atoms with van der Waals surface area (Å²) in [5.74, 6) is 1.11. The van der Waals surface area contributed by atoms with Crippen molar-refractivity contribution < 1.29 is 0 Å². The highest BCUT2D eigenvalue weighted by Crippen LogP contribution is 1.99. The molecule has 5 heteroatoms. The second-order valence-corrected chi connectivity index (χ2v) is 3.93. The molecular formula is C12H17N5. The smallest absolute Gasteiger partial charge is 0.199 e. The summed E-state index contributed by atoms with van der Waals surface area (Å²) in [6, 6.07) is 10.3. The fraction of sp³-hybridized carbons (Fsp3) is 0.333. The van der Waals surface area contributed by atoms with Crippen LogP contribution >= 0.6 is 0 Å². The van der Waals surface area contributed by atoms with E-state index in [9.17, 15) is 0 Å². The fourth-order valence-corrected chi connectivity index (χ4v) is 1.66. The van der Waals surface area contributed by atoms with E-state index < -0.39 is 0 Å². The predicted molar refractivity (Wildman–Crippen MR) is 69.8 cm³/mol. The Morgan fingerprint density at radius 2 is 2.12 bits per heavy atom. The molecule has 0 bridgehead atoms. The molecule has 0 amide bonds. The van der Waals surface area contributed by atoms with Crippen molar-refractivity contribution in [3.8, 4) is 0 Å². The minimum absolute atomic E-state index is 0.0216. The van der Waals surface area contributed by atoms with Crippen LogP contribution < -0.4 is 16.4 Å². The summed E-state index contributed by atoms with van der Waals surface area (Å²) in [5, 5.41) is 6.00. The highest BCUT2D eigenvalue weighted by atomic mass is 15.3. The van der Waals surface area contributed by atoms with Gasteiger partial charge in [-0.1, -0.05) is 30.3 Å². The van der Waals surface area contributed by atoms with Gasteiger partial charge < -0.3 is 11.1 Å². The first kappa shape index (κ1) is 11.4. The van der Waals surface area contributed by atoms with Gasteiger partial charge in [-0.05, 0) is 18.9 Å². The van der Waals surface area contributed by atoms with E-state index in [1.54, 1.807) is 0 Å². The molecule has 1 aromatic rings. The summed E-state index contributed by atoms with van der Waals surface area (Å²) in [7, 11) is 0. The van der Waals surface area contributed by atoms with Gasteiger partial charge in [0.15, 0.2) is 11.9 Å². The molecule has 5 nitrogen and oxygen atoms in total. The van der Waals surface area contributed by atoms with Gasteiger partial charge in [-0.2, -0.15) is 0 Å². The molecule has 0 saturated carbocycles. The Kier molecular flexibility index (Phi) is 3.59. The van der Waals surface area contributed by atoms with Gasteiger partial charge in [-0.15, -0.1) is 0 Å². The number of rotatable bonds is 3. The highest BCUT2D eigenvalue weighted by Gasteiger charge is 2.11. The third-order valence-electron chi connectivity index (χ3n) is 2.44. The molecule has 0 radical (unpaired) electrons. The summed E-state index contributed by atoms with van der Waals surface area (Å²) < 4.78 is 0. The molecule has 0 aromatic heterocycles. The van der Waals surface area contributed by atoms with Crippen molar-refractivity contribution in [3.63, 3.8) is 0 Å². The molecule has 1 atom stereocenters. The normalized spacial score (nSPS) is 21.6. The van der Waals surface area contributed by atoms with Crippen molar-refractivity contribution in [2.75, 3.05) is 6.54 Å². The monoisotopic (exact) mass is 231 g/mol. The van der Waals surface area contributed by atoms with Crippen LogP contribution in [0.25, 0.3) is 0 Å². The molecule has 1 unspecified atom stereocenters. The van der Waals surface area contributed by atoms with Crippen molar-refractivity contribution in [1.29, 1.82) is 0 Å². The molecule has 17 heavy (non-hydrogen) atoms. The number of aliphatic imine (C=N–C) groups is 2. The number of nitrogens with one attached hydrogen (secondary N) is 2. The lowest BCUT2D eigenvalue weighted by atomic mass is 10.2. The van der Waals surface area contributed by atoms with E-state index in [1.807, 2.05) is 25.1 Å². The van der Waals surface area contributed by atoms with Crippen LogP contribution in [0.2, 0.25) is 0 Å². The van der Waals surface area contributed by atoms with Gasteiger partial charge in [-0.25, -0.2) is 4.99 Å². The first-order valence-corrected chi connectivity index (χ1v) is 5.69. The molecule has 0 fully saturated rings. The van der Waals surface area contributed by atoms with Crippen molar-refractivity contribution >= 4 is 11.9 Å². The number of benzene rings is 1. The molecule has 2 rings (SSSR count). The van der Waals surface area contributed by atoms with E-state index in [0.29, 0.717) is 11.9 Å². The zero-order valence-corrected chi connectivity index (χ0v) is 9.85. The lowest BCUT2D eigenvalue weighted by Gasteiger charge is -2.20. The van der Waals surface area contributed by atoms with Crippen LogP contribution in [0.15, 0.2) is 40.3 Å². The van der Waals surface area contributed by atoms with Gasteiger partial charge in [0, 0.05) is 6.54 Å². The molecule has 90 valence electrons. The predicted octanol–water partition coefficient (Wildman–Crippen LogP) is 0.439. The lowest BCUT2D eigenvalue weighted by Crippen LogP contribution is -2.52. The van der Waals surface area contributed by atoms with E-state index in [1.165, 1.54) is 5.56 Å². The van der Waals surface area contributed by atoms with Crippen LogP contribution in [0, 0.1) is 0 Å². The van der Waals surface area contributed by atoms with E-state index in [4.69, 9.17) is 5.73 Å². The Morgan fingerprint density at radius 1 is 1.35 bits per heavy atom. The summed E-state index contributed by atoms with van der Waals surface area (Å²) in [4.78, 5) is 8.50. The van der Waals surface area contributed by atoms with Crippen molar-refractivity contribution in [1.82, 2.24) is 10.6 Å². The quantitative estimate of drug-likeness (QED) is 0.706. The van der Waals surface area contributed by atoms with Crippen LogP contribution in [-0.2, 0) is 6.42 Å². The molecule has 0 saturated heterocycles. The molecule has 1 heterocycles. The van der Waals surface area contributed by atoms with Gasteiger partial charge in [-0.3, -0.25) is 10.3 Å². The maximum atomic E-state index is 5.62. The van der Waals surface area contributed by atoms with Crippen LogP contribution in [-0.4, -0.2) is 24.6 Å². The number of nitrogens with zero attached hydrogens (tertiary/aromatic N) is 2. The van der Waals surface area contributed by atoms with E-state index >= 15 is 0 Å². The van der Waals surface area contributed by atoms with Gasteiger partial charge in [0.1, 0.15) is 6.17 Å². The number of guanidine groups is 2. The van der Waals surface area contributed by atoms with Crippen LogP contribution in [0.3, 0.4) is 0 Å². The second-order valence-electron chi connectivity index (χ2n) is 3.93. The molecule has 0 aliphatic carbocycles. The third kappa shape index (κ3) is 3.48. The third-order valence-corrected chi connectivity index (χ3v) is 2.44. The zero-order chi connectivity index (χ0) is 12.1. The maximum absolute atomic E-state index is 5.62. The van der Waals surface area contributed by atoms with Crippen LogP contribution in [0.5, 0.6) is 0 Å². The molecule has 1 aromatic carbocycles. The minimum Gasteiger partial charge on any atom is -0.370 e. The molecule has 0 spiro atoms. The molecule has 1 aliphatic heterocycles. The van der Waals surface area contributed by atoms with E-state index in [-0.39, 0.29) is 6.17 Å². The van der Waals surface area contributed by atoms with Crippen molar-refractivity contribution in [2.45, 2.75) is 19.5 Å². The van der Waals surface area contributed by atoms with Gasteiger partial charge in [0.05, 0.1) is 0 Å². The summed E-state index contributed by atoms with van der Waals surface area (Å²) in [6.45, 7) is 2.65. The Hall–Kier alpha value is -2.04. The topological polar surface area (TPSA) is 74.8 Å². The van der Waals surface area contributed by atoms with Crippen molar-refractivity contribution in [3.05, 3.63) is 35.9 Å². The Morgan fingerprint density at radius 3 is 2.82 bits per heavy atom. The van der Waals surface area contributed by atoms with Crippen LogP contribution in [0.4, 0.5) is 0 Å². The molecule has 1 aliphatic rings. The molecule has 4 N–H and O–H groups in total. The standard InChI is InChI=1S/C12H17N5/c1-9-15-11(13)17-12(16-9)14-8-7-10-5-3-2-4-6-10/h2-6,9H,7-8H2,1H3,(H4,13,14,15,16,17). The lowest BCUT2D eigenvalue weighted by molar-refractivity contribution is 0.663. The number of hydrogen-bond acceptors (Lipinski definition) is 3. The van der Waals surface area contributed by atoms with Crippen LogP contribution in [0.1, 0.15) is 12.5 Å². The minimum atomic E-state index is -0.0216. The average molecular weight is 231 g/mol. The maximum Gasteiger partial charge on any atom is 0.199 e. The Labute approximate surface area is 101 Å². The average Bonchev–Trinajstić information content (AvgIpc) is 2.29. The summed E-state index contributed by atoms with van der Waals surface area (Å²) >= 11 is 0. The first-order chi connectivity index (χ1) is 8.24. The van der Waals surface area contributed by atoms with Gasteiger partial charge >= 0.3 is 0 Å². The van der Waals surface area contributed by atoms with E-state index in [2.05, 4.69) is 32.8 Å². The largest absolute Gasteiger partial charge is 0.370 e. The fourth-order valence-electron chi connectivity index (χ4n) is 1.66. The molecular weight excluding hydrogens is 214 g/mol. The summed E-state index contributed by atoms with van der Waals surface area (Å²) in [6.07, 6.45) is 0.894. The van der Waals surface area contributed by atoms with Gasteiger partial charge in [0.25, 0.3) is 0 Å². The second kappa shape index (κ2) is 5.34. The zero-order valence-electron chi connectivity index (χ0n) is 9.85. The Bertz CT molecular complexity index is 424. The number of nitrogens with two attached hydrogens (primary N) is 1. The highest BCUT2D eigenvalue weighted by molar-refractivity contribution is 5.99. The number of hydrogen-bond donors (Lipinski definition) is 3.